The molecule has 0 atom stereocenters. The van der Waals surface area contributed by atoms with Crippen LogP contribution in [-0.4, -0.2) is 19.9 Å². The highest BCUT2D eigenvalue weighted by molar-refractivity contribution is 5.80. The van der Waals surface area contributed by atoms with Gasteiger partial charge in [0.25, 0.3) is 0 Å². The number of fused-ring (bicyclic) bond motifs is 2. The van der Waals surface area contributed by atoms with E-state index in [1.807, 2.05) is 60.7 Å². The molecule has 0 N–H and O–H groups in total. The van der Waals surface area contributed by atoms with E-state index in [-0.39, 0.29) is 0 Å². The Morgan fingerprint density at radius 3 is 1.64 bits per heavy atom. The lowest BCUT2D eigenvalue weighted by atomic mass is 9.62. The van der Waals surface area contributed by atoms with Crippen LogP contribution in [0, 0.1) is 0 Å². The molecule has 0 fully saturated rings. The highest BCUT2D eigenvalue weighted by atomic mass is 16.5. The Morgan fingerprint density at radius 1 is 0.400 bits per heavy atom. The lowest BCUT2D eigenvalue weighted by Crippen LogP contribution is -2.34. The molecule has 5 nitrogen and oxygen atoms in total. The van der Waals surface area contributed by atoms with E-state index in [2.05, 4.69) is 120 Å². The molecule has 8 aromatic rings. The van der Waals surface area contributed by atoms with Gasteiger partial charge in [-0.15, -0.1) is 0 Å². The average molecular weight is 643 g/mol. The minimum Gasteiger partial charge on any atom is -0.457 e. The lowest BCUT2D eigenvalue weighted by Gasteiger charge is -2.42. The number of hydrogen-bond donors (Lipinski definition) is 0. The number of aromatic nitrogens is 4. The van der Waals surface area contributed by atoms with Crippen molar-refractivity contribution in [1.82, 2.24) is 19.9 Å². The van der Waals surface area contributed by atoms with E-state index in [4.69, 9.17) is 19.7 Å². The van der Waals surface area contributed by atoms with Crippen molar-refractivity contribution in [3.8, 4) is 56.9 Å². The summed E-state index contributed by atoms with van der Waals surface area (Å²) in [7, 11) is 0. The molecular weight excluding hydrogens is 613 g/mol. The van der Waals surface area contributed by atoms with Crippen LogP contribution in [0.5, 0.6) is 11.5 Å². The van der Waals surface area contributed by atoms with Crippen molar-refractivity contribution < 1.29 is 4.74 Å². The maximum atomic E-state index is 6.57. The van der Waals surface area contributed by atoms with Gasteiger partial charge in [0, 0.05) is 28.5 Å². The number of ether oxygens (including phenoxy) is 1. The van der Waals surface area contributed by atoms with Gasteiger partial charge in [-0.25, -0.2) is 15.0 Å². The van der Waals surface area contributed by atoms with Crippen molar-refractivity contribution in [3.05, 3.63) is 204 Å². The second-order valence-electron chi connectivity index (χ2n) is 12.2. The Hall–Kier alpha value is -6.72. The summed E-state index contributed by atoms with van der Waals surface area (Å²) in [5.74, 6) is 3.40. The van der Waals surface area contributed by atoms with Gasteiger partial charge >= 0.3 is 0 Å². The monoisotopic (exact) mass is 642 g/mol. The third-order valence-electron chi connectivity index (χ3n) is 9.33. The summed E-state index contributed by atoms with van der Waals surface area (Å²) < 4.78 is 6.57. The van der Waals surface area contributed by atoms with Gasteiger partial charge in [-0.05, 0) is 52.6 Å². The molecule has 0 saturated carbocycles. The molecule has 0 spiro atoms. The molecule has 0 radical (unpaired) electrons. The van der Waals surface area contributed by atoms with Crippen LogP contribution in [0.3, 0.4) is 0 Å². The summed E-state index contributed by atoms with van der Waals surface area (Å²) >= 11 is 0. The second-order valence-corrected chi connectivity index (χ2v) is 12.2. The fourth-order valence-electron chi connectivity index (χ4n) is 7.16. The van der Waals surface area contributed by atoms with Crippen LogP contribution in [0.15, 0.2) is 182 Å². The van der Waals surface area contributed by atoms with Gasteiger partial charge in [-0.3, -0.25) is 4.98 Å². The molecule has 0 unspecified atom stereocenters. The molecule has 236 valence electrons. The molecule has 6 aromatic carbocycles. The first-order valence-corrected chi connectivity index (χ1v) is 16.6. The number of pyridine rings is 1. The summed E-state index contributed by atoms with van der Waals surface area (Å²) in [6.45, 7) is 0. The van der Waals surface area contributed by atoms with Crippen molar-refractivity contribution in [3.63, 3.8) is 0 Å². The molecule has 0 amide bonds. The van der Waals surface area contributed by atoms with E-state index in [1.54, 1.807) is 6.20 Å². The van der Waals surface area contributed by atoms with E-state index in [9.17, 15) is 0 Å². The summed E-state index contributed by atoms with van der Waals surface area (Å²) in [5.41, 5.74) is 8.50. The molecule has 0 bridgehead atoms. The molecule has 50 heavy (non-hydrogen) atoms. The smallest absolute Gasteiger partial charge is 0.182 e. The van der Waals surface area contributed by atoms with Gasteiger partial charge in [0.2, 0.25) is 0 Å². The molecule has 3 heterocycles. The van der Waals surface area contributed by atoms with Gasteiger partial charge in [0.05, 0.1) is 5.41 Å². The predicted octanol–water partition coefficient (Wildman–Crippen LogP) is 10.4. The van der Waals surface area contributed by atoms with Crippen LogP contribution >= 0.6 is 0 Å². The van der Waals surface area contributed by atoms with E-state index in [1.165, 1.54) is 0 Å². The van der Waals surface area contributed by atoms with Gasteiger partial charge in [0.1, 0.15) is 17.2 Å². The van der Waals surface area contributed by atoms with E-state index in [0.29, 0.717) is 23.2 Å². The van der Waals surface area contributed by atoms with Crippen molar-refractivity contribution >= 4 is 0 Å². The van der Waals surface area contributed by atoms with Crippen LogP contribution in [0.4, 0.5) is 0 Å². The van der Waals surface area contributed by atoms with Crippen molar-refractivity contribution in [2.45, 2.75) is 5.41 Å². The normalized spacial score (nSPS) is 12.7. The minimum absolute atomic E-state index is 0.527. The first-order valence-electron chi connectivity index (χ1n) is 16.6. The van der Waals surface area contributed by atoms with Crippen LogP contribution in [-0.2, 0) is 5.41 Å². The Labute approximate surface area is 290 Å². The zero-order chi connectivity index (χ0) is 33.3. The fraction of sp³-hybridized carbons (Fsp3) is 0.0222. The minimum atomic E-state index is -0.654. The van der Waals surface area contributed by atoms with Crippen molar-refractivity contribution in [2.24, 2.45) is 0 Å². The van der Waals surface area contributed by atoms with Gasteiger partial charge in [-0.2, -0.15) is 0 Å². The summed E-state index contributed by atoms with van der Waals surface area (Å²) in [4.78, 5) is 19.4. The van der Waals surface area contributed by atoms with Gasteiger partial charge in [-0.1, -0.05) is 146 Å². The highest BCUT2D eigenvalue weighted by Gasteiger charge is 2.46. The summed E-state index contributed by atoms with van der Waals surface area (Å²) in [6.07, 6.45) is 1.76. The third kappa shape index (κ3) is 4.95. The molecule has 1 aliphatic heterocycles. The predicted molar refractivity (Wildman–Crippen MR) is 198 cm³/mol. The standard InChI is InChI=1S/C45H30N4O/c1-3-16-31(17-4-1)42-47-43(49-44(48-42)39-26-13-14-29-46-39)33-19-15-18-32(30-33)35-22-7-8-23-36(35)45(34-20-5-2-6-21-34)37-24-9-11-27-40(37)50-41-28-12-10-25-38(41)45/h1-30H. The largest absolute Gasteiger partial charge is 0.457 e. The molecule has 0 saturated heterocycles. The summed E-state index contributed by atoms with van der Waals surface area (Å²) in [6, 6.07) is 60.5. The number of para-hydroxylation sites is 2. The Kier molecular flexibility index (Phi) is 7.29. The maximum absolute atomic E-state index is 6.57. The zero-order valence-electron chi connectivity index (χ0n) is 27.0. The van der Waals surface area contributed by atoms with Gasteiger partial charge < -0.3 is 4.74 Å². The van der Waals surface area contributed by atoms with Crippen LogP contribution in [0.25, 0.3) is 45.4 Å². The average Bonchev–Trinajstić information content (AvgIpc) is 3.21. The van der Waals surface area contributed by atoms with Crippen LogP contribution in [0.1, 0.15) is 22.3 Å². The summed E-state index contributed by atoms with van der Waals surface area (Å²) in [5, 5.41) is 0. The molecule has 1 aliphatic rings. The third-order valence-corrected chi connectivity index (χ3v) is 9.33. The number of hydrogen-bond acceptors (Lipinski definition) is 5. The zero-order valence-corrected chi connectivity index (χ0v) is 27.0. The Bertz CT molecular complexity index is 2360. The van der Waals surface area contributed by atoms with Crippen LogP contribution < -0.4 is 4.74 Å². The highest BCUT2D eigenvalue weighted by Crippen LogP contribution is 2.56. The number of nitrogens with zero attached hydrogens (tertiary/aromatic N) is 4. The molecule has 2 aromatic heterocycles. The molecule has 5 heteroatoms. The van der Waals surface area contributed by atoms with E-state index in [0.717, 1.165) is 56.0 Å². The first-order chi connectivity index (χ1) is 24.8. The molecule has 0 aliphatic carbocycles. The molecular formula is C45H30N4O. The van der Waals surface area contributed by atoms with E-state index >= 15 is 0 Å². The topological polar surface area (TPSA) is 60.8 Å². The van der Waals surface area contributed by atoms with Crippen molar-refractivity contribution in [1.29, 1.82) is 0 Å². The Balaban J connectivity index is 1.27. The fourth-order valence-corrected chi connectivity index (χ4v) is 7.16. The quantitative estimate of drug-likeness (QED) is 0.181. The number of rotatable bonds is 6. The van der Waals surface area contributed by atoms with Crippen molar-refractivity contribution in [2.75, 3.05) is 0 Å². The van der Waals surface area contributed by atoms with Crippen LogP contribution in [0.2, 0.25) is 0 Å². The van der Waals surface area contributed by atoms with E-state index < -0.39 is 5.41 Å². The molecule has 9 rings (SSSR count). The first kappa shape index (κ1) is 29.4. The maximum Gasteiger partial charge on any atom is 0.182 e. The number of benzene rings is 6. The van der Waals surface area contributed by atoms with Gasteiger partial charge in [0.15, 0.2) is 17.5 Å². The second kappa shape index (κ2) is 12.4. The SMILES string of the molecule is c1ccc(-c2nc(-c3cccc(-c4ccccc4C4(c5ccccc5)c5ccccc5Oc5ccccc54)c3)nc(-c3ccccn3)n2)cc1. The Morgan fingerprint density at radius 2 is 0.940 bits per heavy atom. The lowest BCUT2D eigenvalue weighted by molar-refractivity contribution is 0.434.